The Kier molecular flexibility index (Phi) is 4.25. The monoisotopic (exact) mass is 274 g/mol. The number of pyridine rings is 1. The van der Waals surface area contributed by atoms with E-state index >= 15 is 0 Å². The molecule has 1 aromatic rings. The Morgan fingerprint density at radius 2 is 2.00 bits per heavy atom. The van der Waals surface area contributed by atoms with E-state index in [9.17, 15) is 0 Å². The topological polar surface area (TPSA) is 48.1 Å². The fourth-order valence-electron chi connectivity index (χ4n) is 4.28. The van der Waals surface area contributed by atoms with Crippen LogP contribution in [0.3, 0.4) is 0 Å². The number of methoxy groups -OCH3 is 1. The minimum atomic E-state index is 0.0222. The summed E-state index contributed by atoms with van der Waals surface area (Å²) in [4.78, 5) is 4.48. The molecule has 0 aliphatic heterocycles. The van der Waals surface area contributed by atoms with Gasteiger partial charge in [0.05, 0.1) is 18.8 Å². The summed E-state index contributed by atoms with van der Waals surface area (Å²) in [6, 6.07) is 3.90. The van der Waals surface area contributed by atoms with E-state index in [1.54, 1.807) is 7.11 Å². The molecule has 4 unspecified atom stereocenters. The van der Waals surface area contributed by atoms with Crippen molar-refractivity contribution < 1.29 is 4.74 Å². The largest absolute Gasteiger partial charge is 0.495 e. The molecule has 0 bridgehead atoms. The lowest BCUT2D eigenvalue weighted by Crippen LogP contribution is -2.33. The van der Waals surface area contributed by atoms with E-state index in [1.165, 1.54) is 44.9 Å². The van der Waals surface area contributed by atoms with Gasteiger partial charge in [0.2, 0.25) is 0 Å². The molecule has 2 N–H and O–H groups in total. The van der Waals surface area contributed by atoms with Gasteiger partial charge < -0.3 is 10.5 Å². The Labute approximate surface area is 121 Å². The maximum absolute atomic E-state index is 6.53. The number of ether oxygens (including phenoxy) is 1. The van der Waals surface area contributed by atoms with E-state index in [-0.39, 0.29) is 6.04 Å². The first-order valence-corrected chi connectivity index (χ1v) is 8.04. The third-order valence-corrected chi connectivity index (χ3v) is 5.42. The zero-order valence-electron chi connectivity index (χ0n) is 12.4. The first-order chi connectivity index (χ1) is 9.79. The van der Waals surface area contributed by atoms with Gasteiger partial charge in [-0.25, -0.2) is 0 Å². The lowest BCUT2D eigenvalue weighted by Gasteiger charge is -2.41. The molecule has 0 aromatic carbocycles. The maximum atomic E-state index is 6.53. The summed E-state index contributed by atoms with van der Waals surface area (Å²) in [5, 5.41) is 0. The molecule has 0 amide bonds. The van der Waals surface area contributed by atoms with Gasteiger partial charge in [-0.05, 0) is 49.1 Å². The van der Waals surface area contributed by atoms with Crippen LogP contribution in [0.4, 0.5) is 0 Å². The molecule has 0 radical (unpaired) electrons. The third-order valence-electron chi connectivity index (χ3n) is 5.42. The molecule has 3 heteroatoms. The Morgan fingerprint density at radius 1 is 1.20 bits per heavy atom. The van der Waals surface area contributed by atoms with E-state index in [0.717, 1.165) is 23.3 Å². The van der Waals surface area contributed by atoms with Crippen LogP contribution in [-0.4, -0.2) is 12.1 Å². The zero-order chi connectivity index (χ0) is 13.9. The molecule has 20 heavy (non-hydrogen) atoms. The minimum absolute atomic E-state index is 0.0222. The summed E-state index contributed by atoms with van der Waals surface area (Å²) >= 11 is 0. The van der Waals surface area contributed by atoms with Crippen LogP contribution in [0.1, 0.15) is 56.7 Å². The summed E-state index contributed by atoms with van der Waals surface area (Å²) in [6.45, 7) is 0. The zero-order valence-corrected chi connectivity index (χ0v) is 12.4. The fourth-order valence-corrected chi connectivity index (χ4v) is 4.28. The Morgan fingerprint density at radius 3 is 2.80 bits per heavy atom. The average molecular weight is 274 g/mol. The summed E-state index contributed by atoms with van der Waals surface area (Å²) in [7, 11) is 1.70. The number of aromatic nitrogens is 1. The van der Waals surface area contributed by atoms with Crippen molar-refractivity contribution in [1.82, 2.24) is 4.98 Å². The van der Waals surface area contributed by atoms with Gasteiger partial charge in [0.15, 0.2) is 0 Å². The number of hydrogen-bond donors (Lipinski definition) is 1. The lowest BCUT2D eigenvalue weighted by molar-refractivity contribution is 0.116. The van der Waals surface area contributed by atoms with Gasteiger partial charge in [-0.3, -0.25) is 4.98 Å². The van der Waals surface area contributed by atoms with Gasteiger partial charge in [0.25, 0.3) is 0 Å². The summed E-state index contributed by atoms with van der Waals surface area (Å²) in [5.41, 5.74) is 7.46. The standard InChI is InChI=1S/C17H26N2O/c1-20-15-7-4-10-19-17(15)16(18)14-9-8-12-5-2-3-6-13(12)11-14/h4,7,10,12-14,16H,2-3,5-6,8-9,11,18H2,1H3. The molecule has 2 fully saturated rings. The van der Waals surface area contributed by atoms with Crippen LogP contribution >= 0.6 is 0 Å². The predicted octanol–water partition coefficient (Wildman–Crippen LogP) is 3.70. The van der Waals surface area contributed by atoms with Crippen LogP contribution in [0.25, 0.3) is 0 Å². The molecule has 110 valence electrons. The Bertz CT molecular complexity index is 448. The molecule has 3 nitrogen and oxygen atoms in total. The highest BCUT2D eigenvalue weighted by Gasteiger charge is 2.35. The second-order valence-corrected chi connectivity index (χ2v) is 6.49. The van der Waals surface area contributed by atoms with Crippen molar-refractivity contribution in [3.63, 3.8) is 0 Å². The quantitative estimate of drug-likeness (QED) is 0.914. The fraction of sp³-hybridized carbons (Fsp3) is 0.706. The molecule has 1 aromatic heterocycles. The molecular formula is C17H26N2O. The molecule has 2 aliphatic rings. The molecule has 4 atom stereocenters. The smallest absolute Gasteiger partial charge is 0.141 e. The Balaban J connectivity index is 1.72. The van der Waals surface area contributed by atoms with Crippen molar-refractivity contribution in [1.29, 1.82) is 0 Å². The first-order valence-electron chi connectivity index (χ1n) is 8.04. The molecule has 2 aliphatic carbocycles. The van der Waals surface area contributed by atoms with E-state index in [1.807, 2.05) is 18.3 Å². The second-order valence-electron chi connectivity index (χ2n) is 6.49. The summed E-state index contributed by atoms with van der Waals surface area (Å²) < 4.78 is 5.42. The van der Waals surface area contributed by atoms with Crippen LogP contribution in [0, 0.1) is 17.8 Å². The van der Waals surface area contributed by atoms with Crippen molar-refractivity contribution in [3.05, 3.63) is 24.0 Å². The highest BCUT2D eigenvalue weighted by Crippen LogP contribution is 2.46. The van der Waals surface area contributed by atoms with Gasteiger partial charge in [0, 0.05) is 6.20 Å². The molecule has 3 rings (SSSR count). The molecular weight excluding hydrogens is 248 g/mol. The average Bonchev–Trinajstić information content (AvgIpc) is 2.53. The first kappa shape index (κ1) is 13.9. The van der Waals surface area contributed by atoms with Crippen LogP contribution < -0.4 is 10.5 Å². The third kappa shape index (κ3) is 2.69. The predicted molar refractivity (Wildman–Crippen MR) is 80.5 cm³/mol. The van der Waals surface area contributed by atoms with Crippen molar-refractivity contribution in [2.45, 2.75) is 51.0 Å². The van der Waals surface area contributed by atoms with Crippen molar-refractivity contribution in [2.24, 2.45) is 23.5 Å². The SMILES string of the molecule is COc1cccnc1C(N)C1CCC2CCCCC2C1. The molecule has 2 saturated carbocycles. The minimum Gasteiger partial charge on any atom is -0.495 e. The number of nitrogens with zero attached hydrogens (tertiary/aromatic N) is 1. The van der Waals surface area contributed by atoms with Gasteiger partial charge in [-0.2, -0.15) is 0 Å². The van der Waals surface area contributed by atoms with Gasteiger partial charge in [-0.1, -0.05) is 25.7 Å². The van der Waals surface area contributed by atoms with E-state index in [4.69, 9.17) is 10.5 Å². The Hall–Kier alpha value is -1.09. The number of fused-ring (bicyclic) bond motifs is 1. The lowest BCUT2D eigenvalue weighted by atomic mass is 9.66. The van der Waals surface area contributed by atoms with E-state index in [2.05, 4.69) is 4.98 Å². The van der Waals surface area contributed by atoms with Crippen molar-refractivity contribution in [3.8, 4) is 5.75 Å². The van der Waals surface area contributed by atoms with Crippen molar-refractivity contribution in [2.75, 3.05) is 7.11 Å². The molecule has 0 spiro atoms. The van der Waals surface area contributed by atoms with Crippen molar-refractivity contribution >= 4 is 0 Å². The van der Waals surface area contributed by atoms with Crippen LogP contribution in [-0.2, 0) is 0 Å². The van der Waals surface area contributed by atoms with Crippen LogP contribution in [0.5, 0.6) is 5.75 Å². The van der Waals surface area contributed by atoms with E-state index < -0.39 is 0 Å². The second kappa shape index (κ2) is 6.13. The van der Waals surface area contributed by atoms with E-state index in [0.29, 0.717) is 5.92 Å². The number of rotatable bonds is 3. The number of nitrogens with two attached hydrogens (primary N) is 1. The molecule has 1 heterocycles. The van der Waals surface area contributed by atoms with Crippen LogP contribution in [0.2, 0.25) is 0 Å². The van der Waals surface area contributed by atoms with Gasteiger partial charge in [0.1, 0.15) is 5.75 Å². The molecule has 0 saturated heterocycles. The highest BCUT2D eigenvalue weighted by atomic mass is 16.5. The van der Waals surface area contributed by atoms with Gasteiger partial charge in [-0.15, -0.1) is 0 Å². The van der Waals surface area contributed by atoms with Crippen LogP contribution in [0.15, 0.2) is 18.3 Å². The summed E-state index contributed by atoms with van der Waals surface area (Å²) in [5.74, 6) is 3.28. The highest BCUT2D eigenvalue weighted by molar-refractivity contribution is 5.29. The maximum Gasteiger partial charge on any atom is 0.141 e. The number of hydrogen-bond acceptors (Lipinski definition) is 3. The van der Waals surface area contributed by atoms with Gasteiger partial charge >= 0.3 is 0 Å². The summed E-state index contributed by atoms with van der Waals surface area (Å²) in [6.07, 6.45) is 11.4. The normalized spacial score (nSPS) is 31.4.